The Morgan fingerprint density at radius 3 is 3.07 bits per heavy atom. The summed E-state index contributed by atoms with van der Waals surface area (Å²) >= 11 is 0. The third kappa shape index (κ3) is 3.21. The molecule has 0 radical (unpaired) electrons. The number of carbonyl (C=O) groups is 1. The number of nitrogens with one attached hydrogen (secondary N) is 1. The Hall–Kier alpha value is -1.62. The number of hydrogen-bond donors (Lipinski definition) is 2. The second-order valence-electron chi connectivity index (χ2n) is 3.26. The van der Waals surface area contributed by atoms with Crippen molar-refractivity contribution in [2.24, 2.45) is 5.73 Å². The summed E-state index contributed by atoms with van der Waals surface area (Å²) in [5.74, 6) is 0.256. The first-order chi connectivity index (χ1) is 7.15. The molecule has 1 atom stereocenters. The molecule has 82 valence electrons. The van der Waals surface area contributed by atoms with E-state index in [1.807, 2.05) is 6.92 Å². The summed E-state index contributed by atoms with van der Waals surface area (Å²) in [6, 6.07) is 1.54. The van der Waals surface area contributed by atoms with Gasteiger partial charge in [0.1, 0.15) is 5.75 Å². The Bertz CT molecular complexity index is 339. The van der Waals surface area contributed by atoms with Crippen molar-refractivity contribution in [1.29, 1.82) is 0 Å². The molecule has 3 N–H and O–H groups in total. The van der Waals surface area contributed by atoms with Crippen molar-refractivity contribution in [1.82, 2.24) is 10.3 Å². The van der Waals surface area contributed by atoms with Gasteiger partial charge in [0.25, 0.3) is 5.91 Å². The van der Waals surface area contributed by atoms with Crippen molar-refractivity contribution in [3.63, 3.8) is 0 Å². The molecule has 1 unspecified atom stereocenters. The van der Waals surface area contributed by atoms with Gasteiger partial charge in [0.05, 0.1) is 18.9 Å². The number of nitrogens with two attached hydrogens (primary N) is 1. The van der Waals surface area contributed by atoms with Gasteiger partial charge in [-0.2, -0.15) is 0 Å². The summed E-state index contributed by atoms with van der Waals surface area (Å²) in [7, 11) is 1.50. The van der Waals surface area contributed by atoms with E-state index in [-0.39, 0.29) is 11.9 Å². The van der Waals surface area contributed by atoms with Crippen molar-refractivity contribution >= 4 is 5.91 Å². The maximum absolute atomic E-state index is 11.7. The summed E-state index contributed by atoms with van der Waals surface area (Å²) in [6.45, 7) is 2.26. The van der Waals surface area contributed by atoms with E-state index in [0.717, 1.165) is 0 Å². The van der Waals surface area contributed by atoms with Gasteiger partial charge in [0.2, 0.25) is 0 Å². The smallest absolute Gasteiger partial charge is 0.255 e. The Balaban J connectivity index is 2.72. The van der Waals surface area contributed by atoms with Crippen LogP contribution in [0.3, 0.4) is 0 Å². The van der Waals surface area contributed by atoms with Crippen LogP contribution in [-0.2, 0) is 0 Å². The third-order valence-corrected chi connectivity index (χ3v) is 1.83. The van der Waals surface area contributed by atoms with Gasteiger partial charge in [0, 0.05) is 18.8 Å². The highest BCUT2D eigenvalue weighted by Gasteiger charge is 2.11. The minimum Gasteiger partial charge on any atom is -0.494 e. The van der Waals surface area contributed by atoms with Crippen LogP contribution in [0.2, 0.25) is 0 Å². The highest BCUT2D eigenvalue weighted by Crippen LogP contribution is 2.14. The first kappa shape index (κ1) is 11.5. The van der Waals surface area contributed by atoms with Crippen LogP contribution in [0.5, 0.6) is 5.75 Å². The zero-order chi connectivity index (χ0) is 11.3. The van der Waals surface area contributed by atoms with E-state index in [2.05, 4.69) is 10.3 Å². The fourth-order valence-corrected chi connectivity index (χ4v) is 1.08. The molecule has 0 aliphatic carbocycles. The van der Waals surface area contributed by atoms with Gasteiger partial charge >= 0.3 is 0 Å². The van der Waals surface area contributed by atoms with Gasteiger partial charge in [-0.15, -0.1) is 0 Å². The average molecular weight is 209 g/mol. The fraction of sp³-hybridized carbons (Fsp3) is 0.400. The molecule has 0 aliphatic heterocycles. The van der Waals surface area contributed by atoms with Gasteiger partial charge in [-0.25, -0.2) is 0 Å². The molecule has 1 aromatic rings. The lowest BCUT2D eigenvalue weighted by Crippen LogP contribution is -2.35. The second kappa shape index (κ2) is 5.31. The van der Waals surface area contributed by atoms with Crippen molar-refractivity contribution < 1.29 is 9.53 Å². The first-order valence-corrected chi connectivity index (χ1v) is 4.67. The molecule has 1 rings (SSSR count). The standard InChI is InChI=1S/C10H15N3O2/c1-7(11)5-13-10(14)8-3-4-12-6-9(8)15-2/h3-4,6-7H,5,11H2,1-2H3,(H,13,14). The fourth-order valence-electron chi connectivity index (χ4n) is 1.08. The minimum atomic E-state index is -0.202. The Labute approximate surface area is 88.6 Å². The highest BCUT2D eigenvalue weighted by molar-refractivity contribution is 5.96. The number of nitrogens with zero attached hydrogens (tertiary/aromatic N) is 1. The quantitative estimate of drug-likeness (QED) is 0.741. The molecule has 1 aromatic heterocycles. The normalized spacial score (nSPS) is 11.9. The van der Waals surface area contributed by atoms with Crippen LogP contribution >= 0.6 is 0 Å². The van der Waals surface area contributed by atoms with Crippen molar-refractivity contribution in [2.45, 2.75) is 13.0 Å². The summed E-state index contributed by atoms with van der Waals surface area (Å²) in [6.07, 6.45) is 3.05. The van der Waals surface area contributed by atoms with E-state index in [1.54, 1.807) is 12.3 Å². The van der Waals surface area contributed by atoms with Crippen molar-refractivity contribution in [3.8, 4) is 5.75 Å². The predicted octanol–water partition coefficient (Wildman–Crippen LogP) is 0.167. The maximum Gasteiger partial charge on any atom is 0.255 e. The largest absolute Gasteiger partial charge is 0.494 e. The number of amides is 1. The maximum atomic E-state index is 11.7. The van der Waals surface area contributed by atoms with Crippen LogP contribution in [0, 0.1) is 0 Å². The molecule has 5 heteroatoms. The Kier molecular flexibility index (Phi) is 4.05. The van der Waals surface area contributed by atoms with Crippen LogP contribution < -0.4 is 15.8 Å². The van der Waals surface area contributed by atoms with Crippen LogP contribution in [0.1, 0.15) is 17.3 Å². The summed E-state index contributed by atoms with van der Waals surface area (Å²) in [5.41, 5.74) is 6.00. The number of aromatic nitrogens is 1. The number of rotatable bonds is 4. The first-order valence-electron chi connectivity index (χ1n) is 4.67. The molecule has 0 aromatic carbocycles. The molecular weight excluding hydrogens is 194 g/mol. The third-order valence-electron chi connectivity index (χ3n) is 1.83. The minimum absolute atomic E-state index is 0.0678. The van der Waals surface area contributed by atoms with Crippen LogP contribution in [0.4, 0.5) is 0 Å². The highest BCUT2D eigenvalue weighted by atomic mass is 16.5. The molecular formula is C10H15N3O2. The lowest BCUT2D eigenvalue weighted by atomic mass is 10.2. The number of methoxy groups -OCH3 is 1. The number of ether oxygens (including phenoxy) is 1. The SMILES string of the molecule is COc1cnccc1C(=O)NCC(C)N. The van der Waals surface area contributed by atoms with Gasteiger partial charge in [-0.1, -0.05) is 0 Å². The molecule has 0 saturated carbocycles. The summed E-state index contributed by atoms with van der Waals surface area (Å²) < 4.78 is 5.02. The Morgan fingerprint density at radius 2 is 2.47 bits per heavy atom. The van der Waals surface area contributed by atoms with E-state index < -0.39 is 0 Å². The van der Waals surface area contributed by atoms with Crippen LogP contribution in [0.25, 0.3) is 0 Å². The van der Waals surface area contributed by atoms with Gasteiger partial charge in [-0.05, 0) is 13.0 Å². The molecule has 0 fully saturated rings. The van der Waals surface area contributed by atoms with Gasteiger partial charge < -0.3 is 15.8 Å². The van der Waals surface area contributed by atoms with Gasteiger partial charge in [0.15, 0.2) is 0 Å². The van der Waals surface area contributed by atoms with Gasteiger partial charge in [-0.3, -0.25) is 9.78 Å². The van der Waals surface area contributed by atoms with Crippen LogP contribution in [0.15, 0.2) is 18.5 Å². The molecule has 15 heavy (non-hydrogen) atoms. The van der Waals surface area contributed by atoms with E-state index in [9.17, 15) is 4.79 Å². The summed E-state index contributed by atoms with van der Waals surface area (Å²) in [5, 5.41) is 2.70. The monoisotopic (exact) mass is 209 g/mol. The molecule has 5 nitrogen and oxygen atoms in total. The topological polar surface area (TPSA) is 77.2 Å². The van der Waals surface area contributed by atoms with E-state index >= 15 is 0 Å². The van der Waals surface area contributed by atoms with E-state index in [0.29, 0.717) is 17.9 Å². The van der Waals surface area contributed by atoms with Crippen LogP contribution in [-0.4, -0.2) is 30.6 Å². The zero-order valence-electron chi connectivity index (χ0n) is 8.86. The van der Waals surface area contributed by atoms with Crippen molar-refractivity contribution in [3.05, 3.63) is 24.0 Å². The molecule has 0 spiro atoms. The molecule has 0 saturated heterocycles. The zero-order valence-corrected chi connectivity index (χ0v) is 8.86. The van der Waals surface area contributed by atoms with Crippen molar-refractivity contribution in [2.75, 3.05) is 13.7 Å². The molecule has 0 bridgehead atoms. The number of hydrogen-bond acceptors (Lipinski definition) is 4. The average Bonchev–Trinajstić information content (AvgIpc) is 2.25. The van der Waals surface area contributed by atoms with E-state index in [4.69, 9.17) is 10.5 Å². The lowest BCUT2D eigenvalue weighted by Gasteiger charge is -2.09. The molecule has 1 amide bonds. The molecule has 0 aliphatic rings. The van der Waals surface area contributed by atoms with E-state index in [1.165, 1.54) is 13.3 Å². The Morgan fingerprint density at radius 1 is 1.73 bits per heavy atom. The molecule has 1 heterocycles. The number of carbonyl (C=O) groups excluding carboxylic acids is 1. The second-order valence-corrected chi connectivity index (χ2v) is 3.26. The predicted molar refractivity (Wildman–Crippen MR) is 56.8 cm³/mol. The summed E-state index contributed by atoms with van der Waals surface area (Å²) in [4.78, 5) is 15.5. The lowest BCUT2D eigenvalue weighted by molar-refractivity contribution is 0.0948. The number of pyridine rings is 1.